The number of para-hydroxylation sites is 1. The molecule has 2 rings (SSSR count). The second-order valence-electron chi connectivity index (χ2n) is 6.11. The Kier molecular flexibility index (Phi) is 6.63. The van der Waals surface area contributed by atoms with Gasteiger partial charge in [-0.25, -0.2) is 8.42 Å². The van der Waals surface area contributed by atoms with Crippen molar-refractivity contribution in [2.75, 3.05) is 15.8 Å². The zero-order valence-corrected chi connectivity index (χ0v) is 16.0. The van der Waals surface area contributed by atoms with Gasteiger partial charge < -0.3 is 10.1 Å². The van der Waals surface area contributed by atoms with Gasteiger partial charge in [0.1, 0.15) is 11.5 Å². The van der Waals surface area contributed by atoms with Crippen LogP contribution in [-0.4, -0.2) is 26.2 Å². The van der Waals surface area contributed by atoms with E-state index in [1.807, 2.05) is 32.9 Å². The van der Waals surface area contributed by atoms with Crippen molar-refractivity contribution in [3.63, 3.8) is 0 Å². The number of hydrogen-bond donors (Lipinski definition) is 2. The first kappa shape index (κ1) is 19.8. The number of ether oxygens (including phenoxy) is 1. The molecule has 0 aliphatic heterocycles. The minimum absolute atomic E-state index is 0.0345. The number of nitrogens with one attached hydrogen (secondary N) is 2. The highest BCUT2D eigenvalue weighted by Crippen LogP contribution is 2.18. The van der Waals surface area contributed by atoms with Crippen molar-refractivity contribution in [3.8, 4) is 5.75 Å². The minimum Gasteiger partial charge on any atom is -0.491 e. The molecule has 0 radical (unpaired) electrons. The lowest BCUT2D eigenvalue weighted by molar-refractivity contribution is -0.113. The number of anilines is 2. The first-order chi connectivity index (χ1) is 12.3. The third-order valence-electron chi connectivity index (χ3n) is 3.49. The summed E-state index contributed by atoms with van der Waals surface area (Å²) in [6.45, 7) is 5.79. The molecule has 26 heavy (non-hydrogen) atoms. The molecule has 0 heterocycles. The molecule has 0 aliphatic carbocycles. The van der Waals surface area contributed by atoms with E-state index in [0.717, 1.165) is 12.0 Å². The molecular weight excluding hydrogens is 352 g/mol. The monoisotopic (exact) mass is 376 g/mol. The molecule has 0 saturated heterocycles. The van der Waals surface area contributed by atoms with Gasteiger partial charge in [0.05, 0.1) is 6.10 Å². The van der Waals surface area contributed by atoms with Crippen molar-refractivity contribution in [2.24, 2.45) is 0 Å². The maximum Gasteiger partial charge on any atom is 0.241 e. The summed E-state index contributed by atoms with van der Waals surface area (Å²) in [6, 6.07) is 13.9. The smallest absolute Gasteiger partial charge is 0.241 e. The van der Waals surface area contributed by atoms with Crippen LogP contribution in [0.5, 0.6) is 5.75 Å². The second kappa shape index (κ2) is 8.71. The van der Waals surface area contributed by atoms with Crippen molar-refractivity contribution < 1.29 is 17.9 Å². The number of amides is 1. The zero-order valence-electron chi connectivity index (χ0n) is 15.2. The molecule has 2 aromatic rings. The van der Waals surface area contributed by atoms with E-state index in [2.05, 4.69) is 10.0 Å². The van der Waals surface area contributed by atoms with Gasteiger partial charge in [0.2, 0.25) is 15.9 Å². The molecule has 0 unspecified atom stereocenters. The van der Waals surface area contributed by atoms with Crippen molar-refractivity contribution in [3.05, 3.63) is 54.1 Å². The molecule has 6 nitrogen and oxygen atoms in total. The summed E-state index contributed by atoms with van der Waals surface area (Å²) < 4.78 is 32.3. The van der Waals surface area contributed by atoms with Crippen molar-refractivity contribution in [1.82, 2.24) is 0 Å². The molecule has 2 N–H and O–H groups in total. The van der Waals surface area contributed by atoms with Crippen LogP contribution in [0.15, 0.2) is 48.5 Å². The third-order valence-corrected chi connectivity index (χ3v) is 4.68. The first-order valence-corrected chi connectivity index (χ1v) is 10.1. The lowest BCUT2D eigenvalue weighted by Crippen LogP contribution is -2.27. The van der Waals surface area contributed by atoms with E-state index < -0.39 is 21.7 Å². The zero-order chi connectivity index (χ0) is 19.2. The lowest BCUT2D eigenvalue weighted by atomic mass is 10.1. The lowest BCUT2D eigenvalue weighted by Gasteiger charge is -2.12. The Balaban J connectivity index is 1.98. The summed E-state index contributed by atoms with van der Waals surface area (Å²) in [6.07, 6.45) is 0.777. The average Bonchev–Trinajstić information content (AvgIpc) is 2.55. The molecule has 0 saturated carbocycles. The number of rotatable bonds is 8. The number of hydrogen-bond acceptors (Lipinski definition) is 4. The first-order valence-electron chi connectivity index (χ1n) is 8.44. The van der Waals surface area contributed by atoms with Crippen LogP contribution in [0.25, 0.3) is 0 Å². The Morgan fingerprint density at radius 2 is 1.73 bits per heavy atom. The van der Waals surface area contributed by atoms with Crippen LogP contribution in [0.2, 0.25) is 0 Å². The molecule has 0 aliphatic rings. The molecule has 1 amide bonds. The van der Waals surface area contributed by atoms with Crippen molar-refractivity contribution in [1.29, 1.82) is 0 Å². The fourth-order valence-corrected chi connectivity index (χ4v) is 3.38. The number of sulfonamides is 1. The van der Waals surface area contributed by atoms with Gasteiger partial charge in [0.25, 0.3) is 0 Å². The second-order valence-corrected chi connectivity index (χ2v) is 7.83. The quantitative estimate of drug-likeness (QED) is 0.739. The van der Waals surface area contributed by atoms with Gasteiger partial charge >= 0.3 is 0 Å². The van der Waals surface area contributed by atoms with Crippen LogP contribution in [0.3, 0.4) is 0 Å². The van der Waals surface area contributed by atoms with E-state index >= 15 is 0 Å². The molecular formula is C19H24N2O4S. The molecule has 0 fully saturated rings. The molecule has 0 aromatic heterocycles. The van der Waals surface area contributed by atoms with Gasteiger partial charge in [-0.3, -0.25) is 9.52 Å². The van der Waals surface area contributed by atoms with Crippen LogP contribution in [0, 0.1) is 0 Å². The van der Waals surface area contributed by atoms with Crippen LogP contribution in [0.1, 0.15) is 26.3 Å². The van der Waals surface area contributed by atoms with Crippen molar-refractivity contribution in [2.45, 2.75) is 33.3 Å². The minimum atomic E-state index is -3.81. The predicted molar refractivity (Wildman–Crippen MR) is 104 cm³/mol. The van der Waals surface area contributed by atoms with Crippen LogP contribution < -0.4 is 14.8 Å². The molecule has 140 valence electrons. The van der Waals surface area contributed by atoms with Gasteiger partial charge in [0, 0.05) is 11.4 Å². The van der Waals surface area contributed by atoms with Gasteiger partial charge in [-0.15, -0.1) is 0 Å². The summed E-state index contributed by atoms with van der Waals surface area (Å²) in [5.74, 6) is -0.593. The van der Waals surface area contributed by atoms with E-state index in [9.17, 15) is 13.2 Å². The van der Waals surface area contributed by atoms with E-state index in [0.29, 0.717) is 17.1 Å². The van der Waals surface area contributed by atoms with Crippen LogP contribution >= 0.6 is 0 Å². The maximum absolute atomic E-state index is 12.2. The summed E-state index contributed by atoms with van der Waals surface area (Å²) >= 11 is 0. The normalized spacial score (nSPS) is 11.2. The Bertz CT molecular complexity index is 846. The summed E-state index contributed by atoms with van der Waals surface area (Å²) in [7, 11) is -3.81. The topological polar surface area (TPSA) is 84.5 Å². The third kappa shape index (κ3) is 6.07. The highest BCUT2D eigenvalue weighted by atomic mass is 32.2. The van der Waals surface area contributed by atoms with Crippen molar-refractivity contribution >= 4 is 27.3 Å². The summed E-state index contributed by atoms with van der Waals surface area (Å²) in [5.41, 5.74) is 1.96. The Hall–Kier alpha value is -2.54. The fraction of sp³-hybridized carbons (Fsp3) is 0.316. The number of carbonyl (C=O) groups excluding carboxylic acids is 1. The van der Waals surface area contributed by atoms with E-state index in [1.165, 1.54) is 0 Å². The standard InChI is InChI=1S/C19H24N2O4S/c1-4-15-7-5-6-8-18(15)20-19(22)13-26(23,24)21-16-9-11-17(12-10-16)25-14(2)3/h5-12,14,21H,4,13H2,1-3H3,(H,20,22). The number of benzene rings is 2. The van der Waals surface area contributed by atoms with Gasteiger partial charge in [-0.2, -0.15) is 0 Å². The maximum atomic E-state index is 12.2. The molecule has 7 heteroatoms. The average molecular weight is 376 g/mol. The van der Waals surface area contributed by atoms with Gasteiger partial charge in [-0.1, -0.05) is 25.1 Å². The molecule has 0 atom stereocenters. The summed E-state index contributed by atoms with van der Waals surface area (Å²) in [4.78, 5) is 12.1. The van der Waals surface area contributed by atoms with Gasteiger partial charge in [0.15, 0.2) is 0 Å². The van der Waals surface area contributed by atoms with Crippen LogP contribution in [0.4, 0.5) is 11.4 Å². The molecule has 0 spiro atoms. The molecule has 0 bridgehead atoms. The van der Waals surface area contributed by atoms with E-state index in [-0.39, 0.29) is 6.10 Å². The summed E-state index contributed by atoms with van der Waals surface area (Å²) in [5, 5.41) is 2.66. The predicted octanol–water partition coefficient (Wildman–Crippen LogP) is 3.42. The Morgan fingerprint density at radius 1 is 1.08 bits per heavy atom. The van der Waals surface area contributed by atoms with E-state index in [4.69, 9.17) is 4.74 Å². The van der Waals surface area contributed by atoms with Crippen LogP contribution in [-0.2, 0) is 21.2 Å². The Labute approximate surface area is 154 Å². The molecule has 2 aromatic carbocycles. The number of aryl methyl sites for hydroxylation is 1. The number of carbonyl (C=O) groups is 1. The van der Waals surface area contributed by atoms with Gasteiger partial charge in [-0.05, 0) is 56.2 Å². The Morgan fingerprint density at radius 3 is 2.35 bits per heavy atom. The van der Waals surface area contributed by atoms with E-state index in [1.54, 1.807) is 36.4 Å². The SMILES string of the molecule is CCc1ccccc1NC(=O)CS(=O)(=O)Nc1ccc(OC(C)C)cc1. The fourth-order valence-electron chi connectivity index (χ4n) is 2.40. The highest BCUT2D eigenvalue weighted by Gasteiger charge is 2.17. The largest absolute Gasteiger partial charge is 0.491 e. The highest BCUT2D eigenvalue weighted by molar-refractivity contribution is 7.93.